The minimum absolute atomic E-state index is 0.000970. The first-order valence-electron chi connectivity index (χ1n) is 11.1. The number of aromatic amines is 1. The summed E-state index contributed by atoms with van der Waals surface area (Å²) < 4.78 is 25.9. The number of hydrogen-bond donors (Lipinski definition) is 2. The summed E-state index contributed by atoms with van der Waals surface area (Å²) in [6, 6.07) is 11.2. The van der Waals surface area contributed by atoms with Crippen molar-refractivity contribution >= 4 is 44.3 Å². The van der Waals surface area contributed by atoms with Gasteiger partial charge in [0.05, 0.1) is 18.0 Å². The smallest absolute Gasteiger partial charge is 0.325 e. The number of para-hydroxylation sites is 1. The van der Waals surface area contributed by atoms with Crippen molar-refractivity contribution < 1.29 is 22.8 Å². The number of carbonyl (C=O) groups is 3. The number of fused-ring (bicyclic) bond motifs is 2. The summed E-state index contributed by atoms with van der Waals surface area (Å²) >= 11 is 0. The summed E-state index contributed by atoms with van der Waals surface area (Å²) in [6.07, 6.45) is 2.65. The van der Waals surface area contributed by atoms with E-state index in [1.54, 1.807) is 25.1 Å². The highest BCUT2D eigenvalue weighted by molar-refractivity contribution is 7.92. The fourth-order valence-corrected chi connectivity index (χ4v) is 5.77. The third kappa shape index (κ3) is 3.73. The SMILES string of the molecule is CCS(=O)(=O)N1CCc2cc(C(=O)CN3C(=O)N[C@@H](Cc4c[nH]c5ccccc45)C3=O)ccc21. The minimum Gasteiger partial charge on any atom is -0.361 e. The number of amides is 3. The molecule has 1 fully saturated rings. The normalized spacial score (nSPS) is 18.0. The Morgan fingerprint density at radius 1 is 1.15 bits per heavy atom. The molecule has 9 nitrogen and oxygen atoms in total. The van der Waals surface area contributed by atoms with Crippen LogP contribution in [-0.4, -0.2) is 60.9 Å². The first kappa shape index (κ1) is 22.1. The van der Waals surface area contributed by atoms with Crippen molar-refractivity contribution in [1.29, 1.82) is 0 Å². The van der Waals surface area contributed by atoms with Gasteiger partial charge in [0, 0.05) is 35.6 Å². The van der Waals surface area contributed by atoms with E-state index >= 15 is 0 Å². The van der Waals surface area contributed by atoms with Crippen molar-refractivity contribution in [2.75, 3.05) is 23.1 Å². The average molecular weight is 481 g/mol. The van der Waals surface area contributed by atoms with Crippen molar-refractivity contribution in [3.63, 3.8) is 0 Å². The van der Waals surface area contributed by atoms with Crippen LogP contribution in [0.15, 0.2) is 48.7 Å². The van der Waals surface area contributed by atoms with Gasteiger partial charge in [0.1, 0.15) is 6.04 Å². The molecular formula is C24H24N4O5S. The summed E-state index contributed by atoms with van der Waals surface area (Å²) in [5, 5.41) is 3.66. The number of sulfonamides is 1. The number of rotatable bonds is 7. The monoisotopic (exact) mass is 480 g/mol. The van der Waals surface area contributed by atoms with Crippen LogP contribution in [0.5, 0.6) is 0 Å². The van der Waals surface area contributed by atoms with Gasteiger partial charge in [-0.1, -0.05) is 18.2 Å². The molecule has 5 rings (SSSR count). The molecule has 3 aromatic rings. The highest BCUT2D eigenvalue weighted by Crippen LogP contribution is 2.31. The van der Waals surface area contributed by atoms with E-state index in [9.17, 15) is 22.8 Å². The maximum absolute atomic E-state index is 12.9. The Morgan fingerprint density at radius 2 is 1.94 bits per heavy atom. The lowest BCUT2D eigenvalue weighted by molar-refractivity contribution is -0.127. The predicted molar refractivity (Wildman–Crippen MR) is 127 cm³/mol. The molecule has 0 bridgehead atoms. The van der Waals surface area contributed by atoms with Crippen molar-refractivity contribution in [2.45, 2.75) is 25.8 Å². The molecule has 2 aromatic carbocycles. The summed E-state index contributed by atoms with van der Waals surface area (Å²) in [6.45, 7) is 1.56. The Balaban J connectivity index is 1.30. The van der Waals surface area contributed by atoms with Crippen LogP contribution in [0.2, 0.25) is 0 Å². The second kappa shape index (κ2) is 8.28. The molecule has 10 heteroatoms. The Morgan fingerprint density at radius 3 is 2.74 bits per heavy atom. The van der Waals surface area contributed by atoms with E-state index in [0.29, 0.717) is 30.6 Å². The molecule has 0 aliphatic carbocycles. The lowest BCUT2D eigenvalue weighted by Crippen LogP contribution is -2.36. The topological polar surface area (TPSA) is 120 Å². The van der Waals surface area contributed by atoms with Gasteiger partial charge in [-0.3, -0.25) is 18.8 Å². The number of H-pyrrole nitrogens is 1. The molecule has 2 aliphatic rings. The fraction of sp³-hybridized carbons (Fsp3) is 0.292. The van der Waals surface area contributed by atoms with Gasteiger partial charge >= 0.3 is 6.03 Å². The van der Waals surface area contributed by atoms with Crippen LogP contribution in [0.3, 0.4) is 0 Å². The third-order valence-electron chi connectivity index (χ3n) is 6.46. The first-order chi connectivity index (χ1) is 16.3. The van der Waals surface area contributed by atoms with E-state index in [0.717, 1.165) is 26.9 Å². The molecule has 1 aromatic heterocycles. The molecule has 34 heavy (non-hydrogen) atoms. The number of nitrogens with zero attached hydrogens (tertiary/aromatic N) is 2. The number of benzene rings is 2. The van der Waals surface area contributed by atoms with E-state index in [2.05, 4.69) is 10.3 Å². The highest BCUT2D eigenvalue weighted by Gasteiger charge is 2.39. The van der Waals surface area contributed by atoms with Crippen molar-refractivity contribution in [2.24, 2.45) is 0 Å². The Labute approximate surface area is 196 Å². The van der Waals surface area contributed by atoms with E-state index in [-0.39, 0.29) is 18.1 Å². The number of aromatic nitrogens is 1. The van der Waals surface area contributed by atoms with Crippen LogP contribution in [0.25, 0.3) is 10.9 Å². The Bertz CT molecular complexity index is 1430. The largest absolute Gasteiger partial charge is 0.361 e. The molecule has 0 radical (unpaired) electrons. The lowest BCUT2D eigenvalue weighted by Gasteiger charge is -2.18. The van der Waals surface area contributed by atoms with Gasteiger partial charge in [-0.15, -0.1) is 0 Å². The molecule has 0 saturated carbocycles. The first-order valence-corrected chi connectivity index (χ1v) is 12.7. The predicted octanol–water partition coefficient (Wildman–Crippen LogP) is 2.23. The summed E-state index contributed by atoms with van der Waals surface area (Å²) in [4.78, 5) is 42.4. The van der Waals surface area contributed by atoms with Crippen LogP contribution < -0.4 is 9.62 Å². The average Bonchev–Trinajstić information content (AvgIpc) is 3.51. The van der Waals surface area contributed by atoms with E-state index in [1.807, 2.05) is 30.5 Å². The lowest BCUT2D eigenvalue weighted by atomic mass is 10.0. The maximum Gasteiger partial charge on any atom is 0.325 e. The number of Topliss-reactive ketones (excluding diaryl/α,β-unsaturated/α-hetero) is 1. The highest BCUT2D eigenvalue weighted by atomic mass is 32.2. The van der Waals surface area contributed by atoms with E-state index in [1.165, 1.54) is 4.31 Å². The van der Waals surface area contributed by atoms with Crippen LogP contribution in [0.1, 0.15) is 28.4 Å². The zero-order valence-electron chi connectivity index (χ0n) is 18.6. The molecule has 2 N–H and O–H groups in total. The number of ketones is 1. The van der Waals surface area contributed by atoms with Gasteiger partial charge < -0.3 is 10.3 Å². The van der Waals surface area contributed by atoms with Gasteiger partial charge in [-0.25, -0.2) is 13.2 Å². The number of urea groups is 1. The maximum atomic E-state index is 12.9. The zero-order valence-corrected chi connectivity index (χ0v) is 19.4. The van der Waals surface area contributed by atoms with Crippen LogP contribution in [0, 0.1) is 0 Å². The van der Waals surface area contributed by atoms with E-state index < -0.39 is 28.0 Å². The van der Waals surface area contributed by atoms with Gasteiger partial charge in [-0.05, 0) is 48.7 Å². The fourth-order valence-electron chi connectivity index (χ4n) is 4.61. The van der Waals surface area contributed by atoms with E-state index in [4.69, 9.17) is 0 Å². The molecular weight excluding hydrogens is 456 g/mol. The third-order valence-corrected chi connectivity index (χ3v) is 8.24. The molecule has 176 valence electrons. The second-order valence-corrected chi connectivity index (χ2v) is 10.7. The molecule has 0 spiro atoms. The van der Waals surface area contributed by atoms with Gasteiger partial charge in [0.25, 0.3) is 5.91 Å². The molecule has 3 amide bonds. The second-order valence-electron chi connectivity index (χ2n) is 8.48. The van der Waals surface area contributed by atoms with Crippen LogP contribution in [-0.2, 0) is 27.7 Å². The summed E-state index contributed by atoms with van der Waals surface area (Å²) in [5.41, 5.74) is 3.54. The Kier molecular flexibility index (Phi) is 5.40. The molecule has 0 unspecified atom stereocenters. The molecule has 1 saturated heterocycles. The van der Waals surface area contributed by atoms with Crippen molar-refractivity contribution in [1.82, 2.24) is 15.2 Å². The van der Waals surface area contributed by atoms with Crippen molar-refractivity contribution in [3.8, 4) is 0 Å². The quantitative estimate of drug-likeness (QED) is 0.397. The zero-order chi connectivity index (χ0) is 24.0. The number of carbonyl (C=O) groups excluding carboxylic acids is 3. The standard InChI is InChI=1S/C24H24N4O5S/c1-2-34(32,33)28-10-9-15-11-16(7-8-21(15)28)22(29)14-27-23(30)20(26-24(27)31)12-17-13-25-19-6-4-3-5-18(17)19/h3-8,11,13,20,25H,2,9-10,12,14H2,1H3,(H,26,31)/t20-/m0/s1. The summed E-state index contributed by atoms with van der Waals surface area (Å²) in [5.74, 6) is -0.820. The number of imide groups is 1. The van der Waals surface area contributed by atoms with Gasteiger partial charge in [0.2, 0.25) is 10.0 Å². The van der Waals surface area contributed by atoms with Gasteiger partial charge in [0.15, 0.2) is 5.78 Å². The van der Waals surface area contributed by atoms with Crippen molar-refractivity contribution in [3.05, 3.63) is 65.4 Å². The molecule has 3 heterocycles. The number of nitrogens with one attached hydrogen (secondary N) is 2. The molecule has 1 atom stereocenters. The van der Waals surface area contributed by atoms with Crippen LogP contribution >= 0.6 is 0 Å². The Hall–Kier alpha value is -3.66. The number of anilines is 1. The molecule has 2 aliphatic heterocycles. The number of hydrogen-bond acceptors (Lipinski definition) is 5. The van der Waals surface area contributed by atoms with Gasteiger partial charge in [-0.2, -0.15) is 0 Å². The minimum atomic E-state index is -3.38. The van der Waals surface area contributed by atoms with Crippen LogP contribution in [0.4, 0.5) is 10.5 Å². The summed E-state index contributed by atoms with van der Waals surface area (Å²) in [7, 11) is -3.38.